The molecule has 0 radical (unpaired) electrons. The first-order chi connectivity index (χ1) is 9.58. The molecule has 0 aliphatic carbocycles. The molecule has 1 N–H and O–H groups in total. The highest BCUT2D eigenvalue weighted by molar-refractivity contribution is 5.94. The molecule has 0 amide bonds. The van der Waals surface area contributed by atoms with Crippen LogP contribution >= 0.6 is 0 Å². The smallest absolute Gasteiger partial charge is 0.337 e. The Morgan fingerprint density at radius 2 is 2.00 bits per heavy atom. The third-order valence-corrected chi connectivity index (χ3v) is 3.09. The molecule has 4 nitrogen and oxygen atoms in total. The summed E-state index contributed by atoms with van der Waals surface area (Å²) >= 11 is 0. The van der Waals surface area contributed by atoms with E-state index < -0.39 is 11.8 Å². The van der Waals surface area contributed by atoms with E-state index in [1.165, 1.54) is 12.1 Å². The summed E-state index contributed by atoms with van der Waals surface area (Å²) in [6.45, 7) is 0.635. The van der Waals surface area contributed by atoms with Crippen molar-refractivity contribution < 1.29 is 14.3 Å². The van der Waals surface area contributed by atoms with Crippen molar-refractivity contribution in [3.63, 3.8) is 0 Å². The number of nitrogens with zero attached hydrogens (tertiary/aromatic N) is 2. The molecule has 0 fully saturated rings. The van der Waals surface area contributed by atoms with Gasteiger partial charge in [0.1, 0.15) is 5.82 Å². The Bertz CT molecular complexity index is 602. The molecular weight excluding hydrogens is 259 g/mol. The van der Waals surface area contributed by atoms with Crippen molar-refractivity contribution in [2.45, 2.75) is 6.42 Å². The van der Waals surface area contributed by atoms with Gasteiger partial charge in [0.25, 0.3) is 0 Å². The van der Waals surface area contributed by atoms with Crippen LogP contribution in [-0.4, -0.2) is 29.7 Å². The van der Waals surface area contributed by atoms with Gasteiger partial charge in [-0.05, 0) is 42.3 Å². The molecule has 0 saturated carbocycles. The van der Waals surface area contributed by atoms with E-state index in [4.69, 9.17) is 5.11 Å². The van der Waals surface area contributed by atoms with Crippen molar-refractivity contribution >= 4 is 11.7 Å². The largest absolute Gasteiger partial charge is 0.478 e. The van der Waals surface area contributed by atoms with Crippen LogP contribution in [0.5, 0.6) is 0 Å². The molecule has 0 bridgehead atoms. The Labute approximate surface area is 116 Å². The number of rotatable bonds is 5. The zero-order valence-electron chi connectivity index (χ0n) is 11.1. The third-order valence-electron chi connectivity index (χ3n) is 3.09. The van der Waals surface area contributed by atoms with Gasteiger partial charge in [-0.15, -0.1) is 0 Å². The van der Waals surface area contributed by atoms with Crippen LogP contribution in [0.4, 0.5) is 10.1 Å². The molecule has 104 valence electrons. The second kappa shape index (κ2) is 6.14. The fraction of sp³-hybridized carbons (Fsp3) is 0.200. The zero-order valence-corrected chi connectivity index (χ0v) is 11.1. The Kier molecular flexibility index (Phi) is 4.30. The van der Waals surface area contributed by atoms with Crippen molar-refractivity contribution in [1.82, 2.24) is 4.98 Å². The van der Waals surface area contributed by atoms with Crippen LogP contribution in [0.3, 0.4) is 0 Å². The summed E-state index contributed by atoms with van der Waals surface area (Å²) in [6.07, 6.45) is 4.20. The topological polar surface area (TPSA) is 53.4 Å². The molecule has 5 heteroatoms. The van der Waals surface area contributed by atoms with Crippen LogP contribution in [0.1, 0.15) is 15.9 Å². The number of anilines is 1. The summed E-state index contributed by atoms with van der Waals surface area (Å²) in [6, 6.07) is 7.63. The predicted molar refractivity (Wildman–Crippen MR) is 74.6 cm³/mol. The maximum absolute atomic E-state index is 13.1. The summed E-state index contributed by atoms with van der Waals surface area (Å²) < 4.78 is 13.1. The maximum Gasteiger partial charge on any atom is 0.337 e. The highest BCUT2D eigenvalue weighted by Crippen LogP contribution is 2.21. The van der Waals surface area contributed by atoms with E-state index in [9.17, 15) is 9.18 Å². The Balaban J connectivity index is 2.13. The van der Waals surface area contributed by atoms with Gasteiger partial charge in [0.05, 0.1) is 11.3 Å². The Hall–Kier alpha value is -2.43. The number of hydrogen-bond donors (Lipinski definition) is 1. The van der Waals surface area contributed by atoms with Crippen molar-refractivity contribution in [2.24, 2.45) is 0 Å². The summed E-state index contributed by atoms with van der Waals surface area (Å²) in [5, 5.41) is 9.12. The summed E-state index contributed by atoms with van der Waals surface area (Å²) in [4.78, 5) is 16.9. The van der Waals surface area contributed by atoms with Crippen molar-refractivity contribution in [2.75, 3.05) is 18.5 Å². The first-order valence-corrected chi connectivity index (χ1v) is 6.21. The predicted octanol–water partition coefficient (Wildman–Crippen LogP) is 2.60. The lowest BCUT2D eigenvalue weighted by atomic mass is 10.1. The van der Waals surface area contributed by atoms with Gasteiger partial charge in [0, 0.05) is 26.0 Å². The highest BCUT2D eigenvalue weighted by Gasteiger charge is 2.14. The maximum atomic E-state index is 13.1. The van der Waals surface area contributed by atoms with E-state index in [1.54, 1.807) is 19.4 Å². The van der Waals surface area contributed by atoms with Gasteiger partial charge in [0.15, 0.2) is 0 Å². The van der Waals surface area contributed by atoms with E-state index in [2.05, 4.69) is 4.98 Å². The molecule has 0 aliphatic rings. The SMILES string of the molecule is CN(CCc1ccncc1)c1ccc(F)cc1C(=O)O. The molecule has 0 aliphatic heterocycles. The van der Waals surface area contributed by atoms with E-state index in [0.717, 1.165) is 18.1 Å². The van der Waals surface area contributed by atoms with Crippen LogP contribution in [0, 0.1) is 5.82 Å². The lowest BCUT2D eigenvalue weighted by Crippen LogP contribution is -2.22. The number of benzene rings is 1. The first-order valence-electron chi connectivity index (χ1n) is 6.21. The molecule has 1 aromatic heterocycles. The van der Waals surface area contributed by atoms with E-state index in [1.807, 2.05) is 17.0 Å². The number of pyridine rings is 1. The molecule has 0 saturated heterocycles. The number of likely N-dealkylation sites (N-methyl/N-ethyl adjacent to an activating group) is 1. The summed E-state index contributed by atoms with van der Waals surface area (Å²) in [5.74, 6) is -1.68. The number of carbonyl (C=O) groups is 1. The Morgan fingerprint density at radius 3 is 2.65 bits per heavy atom. The fourth-order valence-electron chi connectivity index (χ4n) is 1.98. The highest BCUT2D eigenvalue weighted by atomic mass is 19.1. The van der Waals surface area contributed by atoms with E-state index >= 15 is 0 Å². The van der Waals surface area contributed by atoms with E-state index in [-0.39, 0.29) is 5.56 Å². The second-order valence-electron chi connectivity index (χ2n) is 4.49. The molecule has 0 atom stereocenters. The zero-order chi connectivity index (χ0) is 14.5. The van der Waals surface area contributed by atoms with Gasteiger partial charge in [-0.1, -0.05) is 0 Å². The molecule has 2 aromatic rings. The molecule has 2 rings (SSSR count). The number of carboxylic acids is 1. The number of halogens is 1. The number of hydrogen-bond acceptors (Lipinski definition) is 3. The van der Waals surface area contributed by atoms with Crippen LogP contribution in [0.2, 0.25) is 0 Å². The second-order valence-corrected chi connectivity index (χ2v) is 4.49. The lowest BCUT2D eigenvalue weighted by Gasteiger charge is -2.21. The van der Waals surface area contributed by atoms with Gasteiger partial charge in [-0.3, -0.25) is 4.98 Å². The third kappa shape index (κ3) is 3.32. The molecule has 20 heavy (non-hydrogen) atoms. The van der Waals surface area contributed by atoms with Crippen LogP contribution in [-0.2, 0) is 6.42 Å². The first kappa shape index (κ1) is 14.0. The average Bonchev–Trinajstić information content (AvgIpc) is 2.45. The van der Waals surface area contributed by atoms with Crippen LogP contribution in [0.15, 0.2) is 42.7 Å². The molecule has 0 unspecified atom stereocenters. The monoisotopic (exact) mass is 274 g/mol. The Morgan fingerprint density at radius 1 is 1.30 bits per heavy atom. The lowest BCUT2D eigenvalue weighted by molar-refractivity contribution is 0.0697. The molecule has 0 spiro atoms. The minimum absolute atomic E-state index is 0.0257. The van der Waals surface area contributed by atoms with E-state index in [0.29, 0.717) is 12.2 Å². The minimum atomic E-state index is -1.13. The number of aromatic carboxylic acids is 1. The quantitative estimate of drug-likeness (QED) is 0.910. The van der Waals surface area contributed by atoms with Gasteiger partial charge < -0.3 is 10.0 Å². The van der Waals surface area contributed by atoms with Crippen molar-refractivity contribution in [3.05, 3.63) is 59.7 Å². The standard InChI is InChI=1S/C15H15FN2O2/c1-18(9-6-11-4-7-17-8-5-11)14-3-2-12(16)10-13(14)15(19)20/h2-5,7-8,10H,6,9H2,1H3,(H,19,20). The normalized spacial score (nSPS) is 10.3. The summed E-state index contributed by atoms with van der Waals surface area (Å²) in [7, 11) is 1.79. The molecule has 1 heterocycles. The summed E-state index contributed by atoms with van der Waals surface area (Å²) in [5.41, 5.74) is 1.60. The number of carboxylic acid groups (broad SMARTS) is 1. The minimum Gasteiger partial charge on any atom is -0.478 e. The van der Waals surface area contributed by atoms with Gasteiger partial charge in [0.2, 0.25) is 0 Å². The number of aromatic nitrogens is 1. The molecule has 1 aromatic carbocycles. The van der Waals surface area contributed by atoms with Gasteiger partial charge >= 0.3 is 5.97 Å². The average molecular weight is 274 g/mol. The van der Waals surface area contributed by atoms with Crippen LogP contribution in [0.25, 0.3) is 0 Å². The van der Waals surface area contributed by atoms with Gasteiger partial charge in [-0.2, -0.15) is 0 Å². The van der Waals surface area contributed by atoms with Gasteiger partial charge in [-0.25, -0.2) is 9.18 Å². The van der Waals surface area contributed by atoms with Crippen LogP contribution < -0.4 is 4.90 Å². The fourth-order valence-corrected chi connectivity index (χ4v) is 1.98. The van der Waals surface area contributed by atoms with Crippen molar-refractivity contribution in [1.29, 1.82) is 0 Å². The molecular formula is C15H15FN2O2. The van der Waals surface area contributed by atoms with Crippen molar-refractivity contribution in [3.8, 4) is 0 Å².